The van der Waals surface area contributed by atoms with Crippen LogP contribution in [0.3, 0.4) is 0 Å². The van der Waals surface area contributed by atoms with Crippen LogP contribution in [0.15, 0.2) is 18.2 Å². The van der Waals surface area contributed by atoms with Crippen molar-refractivity contribution in [2.24, 2.45) is 0 Å². The van der Waals surface area contributed by atoms with Crippen LogP contribution in [0.4, 0.5) is 0 Å². The van der Waals surface area contributed by atoms with Gasteiger partial charge in [-0.3, -0.25) is 0 Å². The Bertz CT molecular complexity index is 740. The summed E-state index contributed by atoms with van der Waals surface area (Å²) >= 11 is 0. The Labute approximate surface area is 143 Å². The molecule has 2 aromatic carbocycles. The molecule has 0 amide bonds. The van der Waals surface area contributed by atoms with Gasteiger partial charge in [-0.15, -0.1) is 0 Å². The number of hydrogen-bond acceptors (Lipinski definition) is 4. The maximum atomic E-state index is 10.6. The monoisotopic (exact) mass is 328 g/mol. The van der Waals surface area contributed by atoms with Gasteiger partial charge in [0.25, 0.3) is 0 Å². The van der Waals surface area contributed by atoms with Gasteiger partial charge in [-0.1, -0.05) is 6.07 Å². The fraction of sp³-hybridized carbons (Fsp3) is 0.400. The summed E-state index contributed by atoms with van der Waals surface area (Å²) in [5.74, 6) is 2.49. The highest BCUT2D eigenvalue weighted by molar-refractivity contribution is 5.58. The van der Waals surface area contributed by atoms with E-state index in [1.165, 1.54) is 11.1 Å². The number of benzene rings is 2. The quantitative estimate of drug-likeness (QED) is 0.907. The first-order valence-electron chi connectivity index (χ1n) is 8.21. The number of phenolic OH excluding ortho intramolecular Hbond substituents is 1. The number of ether oxygens (including phenoxy) is 3. The van der Waals surface area contributed by atoms with Crippen molar-refractivity contribution >= 4 is 0 Å². The lowest BCUT2D eigenvalue weighted by Crippen LogP contribution is -2.03. The summed E-state index contributed by atoms with van der Waals surface area (Å²) < 4.78 is 16.4. The predicted octanol–water partition coefficient (Wildman–Crippen LogP) is 3.81. The molecule has 128 valence electrons. The Morgan fingerprint density at radius 1 is 0.917 bits per heavy atom. The van der Waals surface area contributed by atoms with Crippen LogP contribution in [0, 0.1) is 6.92 Å². The molecular weight excluding hydrogens is 304 g/mol. The zero-order valence-electron chi connectivity index (χ0n) is 14.7. The van der Waals surface area contributed by atoms with Gasteiger partial charge in [-0.25, -0.2) is 0 Å². The Balaban J connectivity index is 2.13. The summed E-state index contributed by atoms with van der Waals surface area (Å²) in [6.45, 7) is 1.96. The molecule has 24 heavy (non-hydrogen) atoms. The van der Waals surface area contributed by atoms with E-state index >= 15 is 0 Å². The van der Waals surface area contributed by atoms with Crippen molar-refractivity contribution in [2.45, 2.75) is 32.6 Å². The highest BCUT2D eigenvalue weighted by Crippen LogP contribution is 2.41. The van der Waals surface area contributed by atoms with Crippen molar-refractivity contribution in [3.8, 4) is 23.0 Å². The zero-order valence-corrected chi connectivity index (χ0v) is 14.7. The first-order chi connectivity index (χ1) is 11.6. The lowest BCUT2D eigenvalue weighted by atomic mass is 9.93. The minimum Gasteiger partial charge on any atom is -0.507 e. The lowest BCUT2D eigenvalue weighted by molar-refractivity contribution is 0.369. The second-order valence-electron chi connectivity index (χ2n) is 6.20. The van der Waals surface area contributed by atoms with E-state index in [4.69, 9.17) is 14.2 Å². The average Bonchev–Trinajstić information content (AvgIpc) is 3.06. The zero-order chi connectivity index (χ0) is 17.3. The fourth-order valence-electron chi connectivity index (χ4n) is 3.60. The van der Waals surface area contributed by atoms with Crippen molar-refractivity contribution in [1.29, 1.82) is 0 Å². The van der Waals surface area contributed by atoms with Gasteiger partial charge in [0.05, 0.1) is 21.3 Å². The molecule has 0 aliphatic heterocycles. The van der Waals surface area contributed by atoms with Crippen LogP contribution in [0.2, 0.25) is 0 Å². The van der Waals surface area contributed by atoms with Crippen molar-refractivity contribution in [3.05, 3.63) is 46.0 Å². The van der Waals surface area contributed by atoms with Crippen molar-refractivity contribution < 1.29 is 19.3 Å². The van der Waals surface area contributed by atoms with E-state index in [1.807, 2.05) is 19.1 Å². The van der Waals surface area contributed by atoms with E-state index in [-0.39, 0.29) is 0 Å². The number of aromatic hydroxyl groups is 1. The van der Waals surface area contributed by atoms with Gasteiger partial charge >= 0.3 is 0 Å². The molecule has 0 fully saturated rings. The summed E-state index contributed by atoms with van der Waals surface area (Å²) in [5, 5.41) is 10.6. The number of rotatable bonds is 5. The molecule has 0 spiro atoms. The Kier molecular flexibility index (Phi) is 4.56. The molecule has 2 aromatic rings. The molecule has 3 rings (SSSR count). The summed E-state index contributed by atoms with van der Waals surface area (Å²) in [5.41, 5.74) is 5.47. The molecule has 0 saturated carbocycles. The number of aryl methyl sites for hydroxylation is 2. The highest BCUT2D eigenvalue weighted by Gasteiger charge is 2.23. The largest absolute Gasteiger partial charge is 0.507 e. The first-order valence-corrected chi connectivity index (χ1v) is 8.21. The van der Waals surface area contributed by atoms with E-state index in [0.717, 1.165) is 36.0 Å². The van der Waals surface area contributed by atoms with E-state index in [2.05, 4.69) is 6.07 Å². The molecule has 1 aliphatic rings. The molecule has 0 aromatic heterocycles. The molecule has 0 unspecified atom stereocenters. The minimum atomic E-state index is 0.385. The van der Waals surface area contributed by atoms with Gasteiger partial charge in [0.2, 0.25) is 0 Å². The van der Waals surface area contributed by atoms with Crippen molar-refractivity contribution in [3.63, 3.8) is 0 Å². The van der Waals surface area contributed by atoms with Crippen LogP contribution in [0.25, 0.3) is 0 Å². The molecule has 0 saturated heterocycles. The van der Waals surface area contributed by atoms with E-state index in [9.17, 15) is 5.11 Å². The summed E-state index contributed by atoms with van der Waals surface area (Å²) in [7, 11) is 4.89. The highest BCUT2D eigenvalue weighted by atomic mass is 16.5. The molecule has 4 nitrogen and oxygen atoms in total. The third-order valence-electron chi connectivity index (χ3n) is 4.85. The normalized spacial score (nSPS) is 12.8. The van der Waals surface area contributed by atoms with E-state index in [1.54, 1.807) is 21.3 Å². The molecule has 0 heterocycles. The summed E-state index contributed by atoms with van der Waals surface area (Å²) in [4.78, 5) is 0. The third kappa shape index (κ3) is 2.77. The first kappa shape index (κ1) is 16.5. The molecule has 1 N–H and O–H groups in total. The fourth-order valence-corrected chi connectivity index (χ4v) is 3.60. The van der Waals surface area contributed by atoms with Crippen molar-refractivity contribution in [1.82, 2.24) is 0 Å². The number of methoxy groups -OCH3 is 3. The topological polar surface area (TPSA) is 47.9 Å². The van der Waals surface area contributed by atoms with Gasteiger partial charge in [0, 0.05) is 29.7 Å². The third-order valence-corrected chi connectivity index (χ3v) is 4.85. The Morgan fingerprint density at radius 2 is 1.58 bits per heavy atom. The maximum absolute atomic E-state index is 10.6. The lowest BCUT2D eigenvalue weighted by Gasteiger charge is -2.18. The average molecular weight is 328 g/mol. The molecular formula is C20H24O4. The number of phenols is 1. The van der Waals surface area contributed by atoms with E-state index in [0.29, 0.717) is 29.4 Å². The van der Waals surface area contributed by atoms with Crippen LogP contribution >= 0.6 is 0 Å². The van der Waals surface area contributed by atoms with Gasteiger partial charge in [0.1, 0.15) is 23.0 Å². The second kappa shape index (κ2) is 6.63. The summed E-state index contributed by atoms with van der Waals surface area (Å²) in [6, 6.07) is 5.82. The predicted molar refractivity (Wildman–Crippen MR) is 93.8 cm³/mol. The van der Waals surface area contributed by atoms with Gasteiger partial charge in [-0.05, 0) is 42.9 Å². The SMILES string of the molecule is COc1cc(OC)c(Cc2c(O)c(C)cc3c2CCC3)c(OC)c1. The van der Waals surface area contributed by atoms with Gasteiger partial charge in [0.15, 0.2) is 0 Å². The van der Waals surface area contributed by atoms with E-state index < -0.39 is 0 Å². The van der Waals surface area contributed by atoms with Crippen LogP contribution < -0.4 is 14.2 Å². The second-order valence-corrected chi connectivity index (χ2v) is 6.20. The standard InChI is InChI=1S/C20H24O4/c1-12-8-13-6-5-7-15(13)16(20(12)21)11-17-18(23-3)9-14(22-2)10-19(17)24-4/h8-10,21H,5-7,11H2,1-4H3. The van der Waals surface area contributed by atoms with Gasteiger partial charge < -0.3 is 19.3 Å². The number of hydrogen-bond donors (Lipinski definition) is 1. The van der Waals surface area contributed by atoms with Crippen LogP contribution in [-0.2, 0) is 19.3 Å². The van der Waals surface area contributed by atoms with Crippen LogP contribution in [0.5, 0.6) is 23.0 Å². The Hall–Kier alpha value is -2.36. The van der Waals surface area contributed by atoms with Crippen molar-refractivity contribution in [2.75, 3.05) is 21.3 Å². The molecule has 4 heteroatoms. The summed E-state index contributed by atoms with van der Waals surface area (Å²) in [6.07, 6.45) is 3.81. The van der Waals surface area contributed by atoms with Crippen LogP contribution in [-0.4, -0.2) is 26.4 Å². The molecule has 0 atom stereocenters. The Morgan fingerprint density at radius 3 is 2.17 bits per heavy atom. The maximum Gasteiger partial charge on any atom is 0.129 e. The molecule has 0 bridgehead atoms. The smallest absolute Gasteiger partial charge is 0.129 e. The molecule has 1 aliphatic carbocycles. The molecule has 0 radical (unpaired) electrons. The van der Waals surface area contributed by atoms with Gasteiger partial charge in [-0.2, -0.15) is 0 Å². The number of fused-ring (bicyclic) bond motifs is 1. The minimum absolute atomic E-state index is 0.385. The van der Waals surface area contributed by atoms with Crippen LogP contribution in [0.1, 0.15) is 34.2 Å².